The lowest BCUT2D eigenvalue weighted by Crippen LogP contribution is -2.41. The molecule has 1 aliphatic rings. The first-order valence-corrected chi connectivity index (χ1v) is 10.3. The van der Waals surface area contributed by atoms with Crippen LogP contribution < -0.4 is 16.0 Å². The number of thiazole rings is 1. The second-order valence-corrected chi connectivity index (χ2v) is 7.36. The summed E-state index contributed by atoms with van der Waals surface area (Å²) in [4.78, 5) is 21.4. The lowest BCUT2D eigenvalue weighted by atomic mass is 10.0. The van der Waals surface area contributed by atoms with Crippen molar-refractivity contribution in [2.24, 2.45) is 10.9 Å². The van der Waals surface area contributed by atoms with E-state index in [1.54, 1.807) is 5.51 Å². The van der Waals surface area contributed by atoms with Crippen molar-refractivity contribution in [3.8, 4) is 0 Å². The number of guanidine groups is 1. The predicted octanol–water partition coefficient (Wildman–Crippen LogP) is 3.32. The number of nitrogens with zero attached hydrogens (tertiary/aromatic N) is 2. The number of carbonyl (C=O) groups excluding carboxylic acids is 1. The maximum Gasteiger partial charge on any atom is 0.263 e. The van der Waals surface area contributed by atoms with Crippen LogP contribution in [0.1, 0.15) is 60.8 Å². The van der Waals surface area contributed by atoms with Crippen molar-refractivity contribution in [2.45, 2.75) is 52.4 Å². The molecule has 1 aliphatic carbocycles. The molecule has 0 bridgehead atoms. The van der Waals surface area contributed by atoms with Gasteiger partial charge in [0.25, 0.3) is 5.91 Å². The molecule has 26 heavy (non-hydrogen) atoms. The quantitative estimate of drug-likeness (QED) is 0.214. The van der Waals surface area contributed by atoms with Gasteiger partial charge in [0.15, 0.2) is 5.96 Å². The average molecular weight is 493 g/mol. The molecular formula is C18H32IN5OS. The highest BCUT2D eigenvalue weighted by molar-refractivity contribution is 14.0. The van der Waals surface area contributed by atoms with Gasteiger partial charge in [0, 0.05) is 26.2 Å². The van der Waals surface area contributed by atoms with E-state index in [4.69, 9.17) is 0 Å². The third kappa shape index (κ3) is 8.20. The Kier molecular flexibility index (Phi) is 11.8. The van der Waals surface area contributed by atoms with Crippen LogP contribution in [0.5, 0.6) is 0 Å². The minimum Gasteiger partial charge on any atom is -0.357 e. The molecule has 1 aromatic heterocycles. The van der Waals surface area contributed by atoms with Crippen molar-refractivity contribution in [1.29, 1.82) is 0 Å². The summed E-state index contributed by atoms with van der Waals surface area (Å²) < 4.78 is 0. The highest BCUT2D eigenvalue weighted by Gasteiger charge is 2.14. The summed E-state index contributed by atoms with van der Waals surface area (Å²) in [6.07, 6.45) is 8.08. The fourth-order valence-electron chi connectivity index (χ4n) is 3.17. The van der Waals surface area contributed by atoms with Crippen molar-refractivity contribution in [3.05, 3.63) is 16.1 Å². The molecule has 0 saturated heterocycles. The molecule has 0 unspecified atom stereocenters. The molecule has 1 amide bonds. The zero-order valence-corrected chi connectivity index (χ0v) is 19.0. The lowest BCUT2D eigenvalue weighted by Gasteiger charge is -2.12. The number of aryl methyl sites for hydroxylation is 1. The molecule has 0 spiro atoms. The van der Waals surface area contributed by atoms with E-state index in [0.717, 1.165) is 37.1 Å². The molecule has 8 heteroatoms. The van der Waals surface area contributed by atoms with Crippen LogP contribution >= 0.6 is 35.3 Å². The highest BCUT2D eigenvalue weighted by atomic mass is 127. The summed E-state index contributed by atoms with van der Waals surface area (Å²) >= 11 is 1.37. The van der Waals surface area contributed by atoms with Gasteiger partial charge in [-0.3, -0.25) is 9.79 Å². The number of carbonyl (C=O) groups is 1. The van der Waals surface area contributed by atoms with Crippen LogP contribution in [0.2, 0.25) is 0 Å². The summed E-state index contributed by atoms with van der Waals surface area (Å²) in [5, 5.41) is 9.44. The van der Waals surface area contributed by atoms with Crippen LogP contribution in [0, 0.1) is 12.8 Å². The molecule has 1 saturated carbocycles. The Balaban J connectivity index is 0.00000338. The van der Waals surface area contributed by atoms with Crippen molar-refractivity contribution < 1.29 is 4.79 Å². The van der Waals surface area contributed by atoms with Crippen LogP contribution in [-0.2, 0) is 0 Å². The van der Waals surface area contributed by atoms with Crippen molar-refractivity contribution in [3.63, 3.8) is 0 Å². The van der Waals surface area contributed by atoms with Gasteiger partial charge in [-0.2, -0.15) is 0 Å². The number of aromatic nitrogens is 1. The molecule has 0 atom stereocenters. The number of hydrogen-bond acceptors (Lipinski definition) is 4. The minimum atomic E-state index is -0.0553. The van der Waals surface area contributed by atoms with Crippen LogP contribution in [0.15, 0.2) is 10.5 Å². The van der Waals surface area contributed by atoms with Crippen LogP contribution in [0.4, 0.5) is 0 Å². The van der Waals surface area contributed by atoms with E-state index in [-0.39, 0.29) is 29.9 Å². The predicted molar refractivity (Wildman–Crippen MR) is 120 cm³/mol. The lowest BCUT2D eigenvalue weighted by molar-refractivity contribution is 0.0957. The van der Waals surface area contributed by atoms with Crippen LogP contribution in [0.3, 0.4) is 0 Å². The molecule has 3 N–H and O–H groups in total. The molecule has 0 aliphatic heterocycles. The van der Waals surface area contributed by atoms with E-state index < -0.39 is 0 Å². The molecule has 6 nitrogen and oxygen atoms in total. The van der Waals surface area contributed by atoms with Gasteiger partial charge in [0.2, 0.25) is 0 Å². The standard InChI is InChI=1S/C18H31N5OS.HI/c1-3-19-18(21-10-6-9-15-7-4-5-8-15)22-12-11-20-17(24)16-14(2)23-13-25-16;/h13,15H,3-12H2,1-2H3,(H,20,24)(H2,19,21,22);1H. The molecule has 2 rings (SSSR count). The van der Waals surface area contributed by atoms with E-state index in [9.17, 15) is 4.79 Å². The SMILES string of the molecule is CCNC(=NCCCC1CCCC1)NCCNC(=O)c1scnc1C.I. The molecule has 1 aromatic rings. The first kappa shape index (κ1) is 23.1. The molecule has 0 aromatic carbocycles. The minimum absolute atomic E-state index is 0. The summed E-state index contributed by atoms with van der Waals surface area (Å²) in [7, 11) is 0. The molecule has 0 radical (unpaired) electrons. The molecule has 1 fully saturated rings. The van der Waals surface area contributed by atoms with Gasteiger partial charge in [0.05, 0.1) is 11.2 Å². The monoisotopic (exact) mass is 493 g/mol. The van der Waals surface area contributed by atoms with E-state index >= 15 is 0 Å². The number of aliphatic imine (C=N–C) groups is 1. The van der Waals surface area contributed by atoms with Gasteiger partial charge in [0.1, 0.15) is 4.88 Å². The van der Waals surface area contributed by atoms with Crippen molar-refractivity contribution in [1.82, 2.24) is 20.9 Å². The molecule has 1 heterocycles. The van der Waals surface area contributed by atoms with Gasteiger partial charge >= 0.3 is 0 Å². The van der Waals surface area contributed by atoms with Gasteiger partial charge in [-0.15, -0.1) is 35.3 Å². The van der Waals surface area contributed by atoms with E-state index in [1.807, 2.05) is 6.92 Å². The van der Waals surface area contributed by atoms with Crippen LogP contribution in [0.25, 0.3) is 0 Å². The zero-order valence-electron chi connectivity index (χ0n) is 15.8. The number of nitrogens with one attached hydrogen (secondary N) is 3. The fourth-order valence-corrected chi connectivity index (χ4v) is 3.89. The first-order chi connectivity index (χ1) is 12.2. The van der Waals surface area contributed by atoms with E-state index in [0.29, 0.717) is 18.0 Å². The summed E-state index contributed by atoms with van der Waals surface area (Å²) in [5.74, 6) is 1.70. The van der Waals surface area contributed by atoms with Gasteiger partial charge in [-0.25, -0.2) is 4.98 Å². The third-order valence-corrected chi connectivity index (χ3v) is 5.44. The number of rotatable bonds is 9. The fraction of sp³-hybridized carbons (Fsp3) is 0.722. The first-order valence-electron chi connectivity index (χ1n) is 9.41. The number of hydrogen-bond donors (Lipinski definition) is 3. The smallest absolute Gasteiger partial charge is 0.263 e. The number of halogens is 1. The topological polar surface area (TPSA) is 78.4 Å². The largest absolute Gasteiger partial charge is 0.357 e. The molecular weight excluding hydrogens is 461 g/mol. The Labute approximate surface area is 178 Å². The van der Waals surface area contributed by atoms with Gasteiger partial charge < -0.3 is 16.0 Å². The van der Waals surface area contributed by atoms with Gasteiger partial charge in [-0.1, -0.05) is 25.7 Å². The third-order valence-electron chi connectivity index (χ3n) is 4.51. The summed E-state index contributed by atoms with van der Waals surface area (Å²) in [6.45, 7) is 6.81. The molecule has 148 valence electrons. The number of amides is 1. The van der Waals surface area contributed by atoms with Crippen molar-refractivity contribution >= 4 is 47.2 Å². The van der Waals surface area contributed by atoms with Crippen molar-refractivity contribution in [2.75, 3.05) is 26.2 Å². The average Bonchev–Trinajstić information content (AvgIpc) is 3.26. The Morgan fingerprint density at radius 3 is 2.65 bits per heavy atom. The Morgan fingerprint density at radius 2 is 2.00 bits per heavy atom. The normalized spacial score (nSPS) is 14.8. The van der Waals surface area contributed by atoms with E-state index in [2.05, 4.69) is 32.9 Å². The van der Waals surface area contributed by atoms with Gasteiger partial charge in [-0.05, 0) is 32.6 Å². The van der Waals surface area contributed by atoms with Crippen LogP contribution in [-0.4, -0.2) is 43.0 Å². The second-order valence-electron chi connectivity index (χ2n) is 6.50. The Bertz CT molecular complexity index is 558. The Hall–Kier alpha value is -0.900. The highest BCUT2D eigenvalue weighted by Crippen LogP contribution is 2.28. The maximum absolute atomic E-state index is 12.0. The summed E-state index contributed by atoms with van der Waals surface area (Å²) in [6, 6.07) is 0. The van der Waals surface area contributed by atoms with E-state index in [1.165, 1.54) is 43.4 Å². The summed E-state index contributed by atoms with van der Waals surface area (Å²) in [5.41, 5.74) is 2.48. The maximum atomic E-state index is 12.0. The zero-order chi connectivity index (χ0) is 17.9. The Morgan fingerprint density at radius 1 is 1.27 bits per heavy atom. The second kappa shape index (κ2) is 13.3.